The molecule has 28 heavy (non-hydrogen) atoms. The number of nitrogens with zero attached hydrogens (tertiary/aromatic N) is 2. The van der Waals surface area contributed by atoms with Gasteiger partial charge in [0.1, 0.15) is 17.4 Å². The quantitative estimate of drug-likeness (QED) is 0.626. The molecular formula is C22H24N2O4. The van der Waals surface area contributed by atoms with Crippen molar-refractivity contribution in [3.8, 4) is 0 Å². The zero-order chi connectivity index (χ0) is 19.7. The minimum atomic E-state index is -0.546. The molecule has 6 heteroatoms. The van der Waals surface area contributed by atoms with Crippen molar-refractivity contribution in [2.75, 3.05) is 26.2 Å². The SMILES string of the molecule is CCN(CC)CCCN1C(=O)c2oc3ccccc3c(=O)c2C1c1ccco1. The van der Waals surface area contributed by atoms with Crippen LogP contribution < -0.4 is 5.43 Å². The van der Waals surface area contributed by atoms with Crippen LogP contribution in [0.5, 0.6) is 0 Å². The third kappa shape index (κ3) is 3.03. The Balaban J connectivity index is 1.75. The van der Waals surface area contributed by atoms with E-state index in [4.69, 9.17) is 8.83 Å². The van der Waals surface area contributed by atoms with E-state index in [-0.39, 0.29) is 17.1 Å². The van der Waals surface area contributed by atoms with Crippen molar-refractivity contribution >= 4 is 16.9 Å². The van der Waals surface area contributed by atoms with Gasteiger partial charge in [-0.25, -0.2) is 0 Å². The van der Waals surface area contributed by atoms with E-state index in [9.17, 15) is 9.59 Å². The van der Waals surface area contributed by atoms with Gasteiger partial charge in [0.2, 0.25) is 5.76 Å². The first-order chi connectivity index (χ1) is 13.7. The molecule has 1 aliphatic heterocycles. The molecule has 1 aliphatic rings. The number of para-hydroxylation sites is 1. The highest BCUT2D eigenvalue weighted by molar-refractivity contribution is 5.98. The summed E-state index contributed by atoms with van der Waals surface area (Å²) in [5.74, 6) is 0.462. The Bertz CT molecular complexity index is 1030. The minimum absolute atomic E-state index is 0.132. The number of amides is 1. The molecule has 0 aliphatic carbocycles. The van der Waals surface area contributed by atoms with Crippen LogP contribution in [-0.4, -0.2) is 41.9 Å². The summed E-state index contributed by atoms with van der Waals surface area (Å²) in [6.45, 7) is 7.61. The van der Waals surface area contributed by atoms with Gasteiger partial charge in [0.05, 0.1) is 17.2 Å². The molecule has 0 saturated heterocycles. The maximum absolute atomic E-state index is 13.2. The van der Waals surface area contributed by atoms with Gasteiger partial charge in [-0.15, -0.1) is 0 Å². The standard InChI is InChI=1S/C22H24N2O4/c1-3-23(4-2)12-8-13-24-19(17-11-7-14-27-17)18-20(25)15-9-5-6-10-16(15)28-21(18)22(24)26/h5-7,9-11,14,19H,3-4,8,12-13H2,1-2H3. The van der Waals surface area contributed by atoms with Gasteiger partial charge in [0, 0.05) is 6.54 Å². The smallest absolute Gasteiger partial charge is 0.291 e. The molecule has 0 N–H and O–H groups in total. The van der Waals surface area contributed by atoms with E-state index < -0.39 is 6.04 Å². The Morgan fingerprint density at radius 3 is 2.57 bits per heavy atom. The molecule has 4 rings (SSSR count). The number of benzene rings is 1. The Hall–Kier alpha value is -2.86. The lowest BCUT2D eigenvalue weighted by atomic mass is 10.0. The molecule has 0 radical (unpaired) electrons. The van der Waals surface area contributed by atoms with Gasteiger partial charge in [0.25, 0.3) is 5.91 Å². The monoisotopic (exact) mass is 380 g/mol. The summed E-state index contributed by atoms with van der Waals surface area (Å²) < 4.78 is 11.5. The second kappa shape index (κ2) is 7.64. The largest absolute Gasteiger partial charge is 0.467 e. The summed E-state index contributed by atoms with van der Waals surface area (Å²) in [5, 5.41) is 0.482. The lowest BCUT2D eigenvalue weighted by Crippen LogP contribution is -2.33. The lowest BCUT2D eigenvalue weighted by molar-refractivity contribution is 0.0706. The van der Waals surface area contributed by atoms with E-state index in [2.05, 4.69) is 18.7 Å². The van der Waals surface area contributed by atoms with E-state index in [1.165, 1.54) is 0 Å². The van der Waals surface area contributed by atoms with Crippen molar-refractivity contribution in [1.82, 2.24) is 9.80 Å². The molecule has 3 heterocycles. The van der Waals surface area contributed by atoms with Gasteiger partial charge in [-0.1, -0.05) is 26.0 Å². The van der Waals surface area contributed by atoms with Crippen LogP contribution in [0.4, 0.5) is 0 Å². The summed E-state index contributed by atoms with van der Waals surface area (Å²) >= 11 is 0. The van der Waals surface area contributed by atoms with Crippen molar-refractivity contribution in [1.29, 1.82) is 0 Å². The Kier molecular flexibility index (Phi) is 5.05. The summed E-state index contributed by atoms with van der Waals surface area (Å²) in [4.78, 5) is 30.4. The first-order valence-corrected chi connectivity index (χ1v) is 9.78. The average Bonchev–Trinajstić information content (AvgIpc) is 3.33. The Labute approximate surface area is 163 Å². The molecule has 3 aromatic rings. The summed E-state index contributed by atoms with van der Waals surface area (Å²) in [6.07, 6.45) is 2.38. The Morgan fingerprint density at radius 1 is 1.07 bits per heavy atom. The molecular weight excluding hydrogens is 356 g/mol. The number of furan rings is 1. The van der Waals surface area contributed by atoms with Crippen LogP contribution in [0, 0.1) is 0 Å². The maximum atomic E-state index is 13.2. The fourth-order valence-corrected chi connectivity index (χ4v) is 3.94. The second-order valence-electron chi connectivity index (χ2n) is 6.97. The molecule has 146 valence electrons. The van der Waals surface area contributed by atoms with Crippen molar-refractivity contribution in [2.45, 2.75) is 26.3 Å². The van der Waals surface area contributed by atoms with E-state index in [0.717, 1.165) is 26.1 Å². The predicted molar refractivity (Wildman–Crippen MR) is 106 cm³/mol. The molecule has 0 bridgehead atoms. The summed E-state index contributed by atoms with van der Waals surface area (Å²) in [5.41, 5.74) is 0.641. The van der Waals surface area contributed by atoms with Crippen LogP contribution >= 0.6 is 0 Å². The van der Waals surface area contributed by atoms with Crippen LogP contribution in [-0.2, 0) is 0 Å². The topological polar surface area (TPSA) is 66.9 Å². The molecule has 1 aromatic carbocycles. The normalized spacial score (nSPS) is 16.3. The molecule has 1 unspecified atom stereocenters. The first-order valence-electron chi connectivity index (χ1n) is 9.78. The van der Waals surface area contributed by atoms with Crippen molar-refractivity contribution in [3.63, 3.8) is 0 Å². The number of fused-ring (bicyclic) bond motifs is 2. The Morgan fingerprint density at radius 2 is 1.86 bits per heavy atom. The highest BCUT2D eigenvalue weighted by Gasteiger charge is 2.43. The van der Waals surface area contributed by atoms with Gasteiger partial charge >= 0.3 is 0 Å². The van der Waals surface area contributed by atoms with Crippen molar-refractivity contribution < 1.29 is 13.6 Å². The van der Waals surface area contributed by atoms with E-state index in [0.29, 0.717) is 28.8 Å². The fourth-order valence-electron chi connectivity index (χ4n) is 3.94. The van der Waals surface area contributed by atoms with Crippen LogP contribution in [0.2, 0.25) is 0 Å². The lowest BCUT2D eigenvalue weighted by Gasteiger charge is -2.25. The predicted octanol–water partition coefficient (Wildman–Crippen LogP) is 3.66. The fraction of sp³-hybridized carbons (Fsp3) is 0.364. The number of rotatable bonds is 7. The third-order valence-electron chi connectivity index (χ3n) is 5.45. The van der Waals surface area contributed by atoms with Crippen LogP contribution in [0.3, 0.4) is 0 Å². The highest BCUT2D eigenvalue weighted by atomic mass is 16.4. The van der Waals surface area contributed by atoms with E-state index in [1.807, 2.05) is 0 Å². The molecule has 1 amide bonds. The number of hydrogen-bond donors (Lipinski definition) is 0. The highest BCUT2D eigenvalue weighted by Crippen LogP contribution is 2.38. The zero-order valence-corrected chi connectivity index (χ0v) is 16.2. The summed E-state index contributed by atoms with van der Waals surface area (Å²) in [7, 11) is 0. The molecule has 0 spiro atoms. The third-order valence-corrected chi connectivity index (χ3v) is 5.45. The van der Waals surface area contributed by atoms with Crippen molar-refractivity contribution in [3.05, 3.63) is 70.0 Å². The molecule has 2 aromatic heterocycles. The molecule has 0 saturated carbocycles. The second-order valence-corrected chi connectivity index (χ2v) is 6.97. The van der Waals surface area contributed by atoms with Gasteiger partial charge in [0.15, 0.2) is 5.43 Å². The number of hydrogen-bond acceptors (Lipinski definition) is 5. The van der Waals surface area contributed by atoms with E-state index >= 15 is 0 Å². The van der Waals surface area contributed by atoms with Gasteiger partial charge in [-0.3, -0.25) is 9.59 Å². The molecule has 0 fully saturated rings. The zero-order valence-electron chi connectivity index (χ0n) is 16.2. The summed E-state index contributed by atoms with van der Waals surface area (Å²) in [6, 6.07) is 10.1. The van der Waals surface area contributed by atoms with Gasteiger partial charge in [-0.2, -0.15) is 0 Å². The molecule has 1 atom stereocenters. The average molecular weight is 380 g/mol. The van der Waals surface area contributed by atoms with Crippen molar-refractivity contribution in [2.24, 2.45) is 0 Å². The van der Waals surface area contributed by atoms with Crippen LogP contribution in [0.1, 0.15) is 48.2 Å². The minimum Gasteiger partial charge on any atom is -0.467 e. The van der Waals surface area contributed by atoms with E-state index in [1.54, 1.807) is 47.6 Å². The maximum Gasteiger partial charge on any atom is 0.291 e. The molecule has 6 nitrogen and oxygen atoms in total. The van der Waals surface area contributed by atoms with Crippen LogP contribution in [0.25, 0.3) is 11.0 Å². The first kappa shape index (κ1) is 18.5. The number of carbonyl (C=O) groups excluding carboxylic acids is 1. The van der Waals surface area contributed by atoms with Gasteiger partial charge < -0.3 is 18.6 Å². The van der Waals surface area contributed by atoms with Gasteiger partial charge in [-0.05, 0) is 50.3 Å². The van der Waals surface area contributed by atoms with Crippen LogP contribution in [0.15, 0.2) is 56.3 Å². The number of carbonyl (C=O) groups is 1.